The molecule has 1 amide bonds. The van der Waals surface area contributed by atoms with Gasteiger partial charge in [-0.15, -0.1) is 32.9 Å². The zero-order valence-electron chi connectivity index (χ0n) is 18.6. The SMILES string of the molecule is Cc1cc(-c2nnc(SCC(=O)Nc3sc4c(c3C(=O)OC(C)C)CCCC4)n2C)cs1. The maximum absolute atomic E-state index is 12.8. The van der Waals surface area contributed by atoms with Gasteiger partial charge in [-0.1, -0.05) is 11.8 Å². The van der Waals surface area contributed by atoms with Crippen LogP contribution in [0.25, 0.3) is 11.4 Å². The molecule has 0 aliphatic heterocycles. The predicted octanol–water partition coefficient (Wildman–Crippen LogP) is 5.09. The zero-order valence-corrected chi connectivity index (χ0v) is 21.0. The van der Waals surface area contributed by atoms with E-state index in [9.17, 15) is 9.59 Å². The third-order valence-corrected chi connectivity index (χ3v) is 8.22. The summed E-state index contributed by atoms with van der Waals surface area (Å²) in [6, 6.07) is 2.08. The van der Waals surface area contributed by atoms with E-state index in [0.29, 0.717) is 15.7 Å². The van der Waals surface area contributed by atoms with Gasteiger partial charge in [-0.05, 0) is 58.1 Å². The molecule has 0 atom stereocenters. The average molecular weight is 491 g/mol. The number of thioether (sulfide) groups is 1. The lowest BCUT2D eigenvalue weighted by Crippen LogP contribution is -2.19. The van der Waals surface area contributed by atoms with Gasteiger partial charge in [-0.25, -0.2) is 4.79 Å². The van der Waals surface area contributed by atoms with Gasteiger partial charge >= 0.3 is 5.97 Å². The predicted molar refractivity (Wildman–Crippen MR) is 130 cm³/mol. The van der Waals surface area contributed by atoms with Gasteiger partial charge in [-0.2, -0.15) is 0 Å². The second-order valence-corrected chi connectivity index (χ2v) is 11.2. The molecule has 0 bridgehead atoms. The summed E-state index contributed by atoms with van der Waals surface area (Å²) in [6.45, 7) is 5.72. The van der Waals surface area contributed by atoms with Crippen LogP contribution in [0.15, 0.2) is 16.6 Å². The normalized spacial score (nSPS) is 13.3. The second kappa shape index (κ2) is 9.76. The molecule has 0 fully saturated rings. The highest BCUT2D eigenvalue weighted by molar-refractivity contribution is 7.99. The smallest absolute Gasteiger partial charge is 0.341 e. The first-order valence-electron chi connectivity index (χ1n) is 10.6. The third-order valence-electron chi connectivity index (χ3n) is 5.13. The molecule has 7 nitrogen and oxygen atoms in total. The van der Waals surface area contributed by atoms with Crippen LogP contribution in [0.1, 0.15) is 52.4 Å². The fourth-order valence-electron chi connectivity index (χ4n) is 3.69. The lowest BCUT2D eigenvalue weighted by atomic mass is 9.95. The second-order valence-electron chi connectivity index (χ2n) is 8.02. The van der Waals surface area contributed by atoms with E-state index in [4.69, 9.17) is 4.74 Å². The van der Waals surface area contributed by atoms with Crippen molar-refractivity contribution in [1.82, 2.24) is 14.8 Å². The summed E-state index contributed by atoms with van der Waals surface area (Å²) in [4.78, 5) is 27.9. The van der Waals surface area contributed by atoms with Crippen molar-refractivity contribution in [2.75, 3.05) is 11.1 Å². The van der Waals surface area contributed by atoms with Crippen molar-refractivity contribution < 1.29 is 14.3 Å². The van der Waals surface area contributed by atoms with Crippen molar-refractivity contribution in [2.45, 2.75) is 57.7 Å². The third kappa shape index (κ3) is 4.92. The number of nitrogens with zero attached hydrogens (tertiary/aromatic N) is 3. The van der Waals surface area contributed by atoms with Gasteiger partial charge in [0.15, 0.2) is 11.0 Å². The number of aryl methyl sites for hydroxylation is 2. The molecule has 0 saturated heterocycles. The highest BCUT2D eigenvalue weighted by atomic mass is 32.2. The lowest BCUT2D eigenvalue weighted by Gasteiger charge is -2.14. The van der Waals surface area contributed by atoms with Crippen molar-refractivity contribution in [3.8, 4) is 11.4 Å². The first-order valence-corrected chi connectivity index (χ1v) is 13.2. The largest absolute Gasteiger partial charge is 0.459 e. The fraction of sp³-hybridized carbons (Fsp3) is 0.455. The van der Waals surface area contributed by atoms with Gasteiger partial charge in [0.1, 0.15) is 5.00 Å². The van der Waals surface area contributed by atoms with Crippen LogP contribution >= 0.6 is 34.4 Å². The van der Waals surface area contributed by atoms with Gasteiger partial charge in [0.05, 0.1) is 17.4 Å². The number of hydrogen-bond donors (Lipinski definition) is 1. The maximum Gasteiger partial charge on any atom is 0.341 e. The summed E-state index contributed by atoms with van der Waals surface area (Å²) >= 11 is 4.49. The van der Waals surface area contributed by atoms with Crippen LogP contribution in [0.4, 0.5) is 5.00 Å². The Bertz CT molecular complexity index is 1150. The standard InChI is InChI=1S/C22H26N4O3S3/c1-12(2)29-21(28)18-15-7-5-6-8-16(15)32-20(18)23-17(27)11-31-22-25-24-19(26(22)4)14-9-13(3)30-10-14/h9-10,12H,5-8,11H2,1-4H3,(H,23,27). The Kier molecular flexibility index (Phi) is 7.02. The quantitative estimate of drug-likeness (QED) is 0.367. The Morgan fingerprint density at radius 1 is 1.28 bits per heavy atom. The number of rotatable bonds is 7. The van der Waals surface area contributed by atoms with E-state index in [-0.39, 0.29) is 23.7 Å². The number of aromatic nitrogens is 3. The van der Waals surface area contributed by atoms with Crippen LogP contribution in [0.2, 0.25) is 0 Å². The molecule has 1 aliphatic carbocycles. The molecule has 32 heavy (non-hydrogen) atoms. The van der Waals surface area contributed by atoms with Gasteiger partial charge in [-0.3, -0.25) is 4.79 Å². The van der Waals surface area contributed by atoms with E-state index in [0.717, 1.165) is 42.6 Å². The molecule has 170 valence electrons. The Morgan fingerprint density at radius 2 is 2.06 bits per heavy atom. The summed E-state index contributed by atoms with van der Waals surface area (Å²) < 4.78 is 7.36. The summed E-state index contributed by atoms with van der Waals surface area (Å²) in [7, 11) is 1.90. The first-order chi connectivity index (χ1) is 15.3. The molecule has 1 aliphatic rings. The van der Waals surface area contributed by atoms with Crippen LogP contribution in [-0.2, 0) is 29.4 Å². The minimum Gasteiger partial charge on any atom is -0.459 e. The van der Waals surface area contributed by atoms with E-state index >= 15 is 0 Å². The number of hydrogen-bond acceptors (Lipinski definition) is 8. The average Bonchev–Trinajstić information content (AvgIpc) is 3.42. The van der Waals surface area contributed by atoms with Crippen LogP contribution in [0.3, 0.4) is 0 Å². The van der Waals surface area contributed by atoms with Gasteiger partial charge in [0, 0.05) is 27.7 Å². The highest BCUT2D eigenvalue weighted by Gasteiger charge is 2.28. The van der Waals surface area contributed by atoms with Crippen molar-refractivity contribution in [1.29, 1.82) is 0 Å². The van der Waals surface area contributed by atoms with Gasteiger partial charge in [0.25, 0.3) is 0 Å². The van der Waals surface area contributed by atoms with Crippen LogP contribution in [0.5, 0.6) is 0 Å². The van der Waals surface area contributed by atoms with Crippen molar-refractivity contribution in [3.05, 3.63) is 32.3 Å². The number of carbonyl (C=O) groups excluding carboxylic acids is 2. The van der Waals surface area contributed by atoms with E-state index in [1.165, 1.54) is 32.9 Å². The summed E-state index contributed by atoms with van der Waals surface area (Å²) in [5.74, 6) is 0.423. The molecule has 0 saturated carbocycles. The Balaban J connectivity index is 1.46. The van der Waals surface area contributed by atoms with E-state index in [1.54, 1.807) is 11.3 Å². The van der Waals surface area contributed by atoms with Crippen molar-refractivity contribution in [2.24, 2.45) is 7.05 Å². The van der Waals surface area contributed by atoms with Gasteiger partial charge < -0.3 is 14.6 Å². The molecule has 10 heteroatoms. The minimum atomic E-state index is -0.355. The Morgan fingerprint density at radius 3 is 2.78 bits per heavy atom. The van der Waals surface area contributed by atoms with E-state index < -0.39 is 0 Å². The van der Waals surface area contributed by atoms with E-state index in [1.807, 2.05) is 25.5 Å². The number of esters is 1. The topological polar surface area (TPSA) is 86.1 Å². The number of nitrogens with one attached hydrogen (secondary N) is 1. The molecule has 0 aromatic carbocycles. The van der Waals surface area contributed by atoms with Crippen LogP contribution in [0, 0.1) is 6.92 Å². The van der Waals surface area contributed by atoms with Gasteiger partial charge in [0.2, 0.25) is 5.91 Å². The van der Waals surface area contributed by atoms with E-state index in [2.05, 4.69) is 33.9 Å². The molecular weight excluding hydrogens is 464 g/mol. The zero-order chi connectivity index (χ0) is 22.8. The monoisotopic (exact) mass is 490 g/mol. The fourth-order valence-corrected chi connectivity index (χ4v) is 6.37. The maximum atomic E-state index is 12.8. The van der Waals surface area contributed by atoms with Crippen LogP contribution < -0.4 is 5.32 Å². The molecule has 3 aromatic heterocycles. The minimum absolute atomic E-state index is 0.176. The number of amides is 1. The molecule has 0 radical (unpaired) electrons. The Labute approximate surface area is 199 Å². The Hall–Kier alpha value is -2.17. The molecule has 3 aromatic rings. The molecular formula is C22H26N4O3S3. The molecule has 4 rings (SSSR count). The first kappa shape index (κ1) is 23.0. The van der Waals surface area contributed by atoms with Crippen LogP contribution in [-0.4, -0.2) is 38.5 Å². The number of ether oxygens (including phenoxy) is 1. The lowest BCUT2D eigenvalue weighted by molar-refractivity contribution is -0.113. The molecule has 0 spiro atoms. The summed E-state index contributed by atoms with van der Waals surface area (Å²) in [5.41, 5.74) is 2.60. The highest BCUT2D eigenvalue weighted by Crippen LogP contribution is 2.39. The number of carbonyl (C=O) groups is 2. The summed E-state index contributed by atoms with van der Waals surface area (Å²) in [6.07, 6.45) is 3.73. The molecule has 1 N–H and O–H groups in total. The molecule has 0 unspecified atom stereocenters. The number of anilines is 1. The molecule has 3 heterocycles. The summed E-state index contributed by atoms with van der Waals surface area (Å²) in [5, 5.41) is 14.8. The number of fused-ring (bicyclic) bond motifs is 1. The van der Waals surface area contributed by atoms with Crippen molar-refractivity contribution in [3.63, 3.8) is 0 Å². The van der Waals surface area contributed by atoms with Crippen molar-refractivity contribution >= 4 is 51.3 Å². The number of thiophene rings is 2.